The Morgan fingerprint density at radius 2 is 0.714 bits per heavy atom. The van der Waals surface area contributed by atoms with Crippen LogP contribution in [-0.2, 0) is 0 Å². The molecule has 10 heteroatoms. The number of rotatable bonds is 3. The van der Waals surface area contributed by atoms with E-state index in [9.17, 15) is 10.5 Å². The molecular weight excluding hydrogens is 861 g/mol. The molecule has 10 aromatic carbocycles. The summed E-state index contributed by atoms with van der Waals surface area (Å²) in [5, 5.41) is 31.6. The average Bonchev–Trinajstić information content (AvgIpc) is 3.94. The maximum atomic E-state index is 9.98. The summed E-state index contributed by atoms with van der Waals surface area (Å²) in [5.41, 5.74) is 10.5. The second-order valence-electron chi connectivity index (χ2n) is 17.3. The predicted molar refractivity (Wildman–Crippen MR) is 279 cm³/mol. The zero-order valence-electron chi connectivity index (χ0n) is 36.6. The Kier molecular flexibility index (Phi) is 8.01. The third-order valence-electron chi connectivity index (χ3n) is 13.8. The van der Waals surface area contributed by atoms with Crippen molar-refractivity contribution in [3.63, 3.8) is 0 Å². The quantitative estimate of drug-likeness (QED) is 0.129. The normalized spacial score (nSPS) is 11.7. The third-order valence-corrected chi connectivity index (χ3v) is 13.8. The lowest BCUT2D eigenvalue weighted by Gasteiger charge is -2.18. The van der Waals surface area contributed by atoms with E-state index in [2.05, 4.69) is 170 Å². The van der Waals surface area contributed by atoms with Gasteiger partial charge in [-0.1, -0.05) is 147 Å². The van der Waals surface area contributed by atoms with Crippen LogP contribution < -0.4 is 0 Å². The molecular formula is C60H28N10. The topological polar surface area (TPSA) is 118 Å². The molecule has 4 aromatic heterocycles. The van der Waals surface area contributed by atoms with E-state index >= 15 is 0 Å². The van der Waals surface area contributed by atoms with E-state index in [1.54, 1.807) is 0 Å². The summed E-state index contributed by atoms with van der Waals surface area (Å²) in [6.45, 7) is 15.5. The lowest BCUT2D eigenvalue weighted by atomic mass is 9.94. The van der Waals surface area contributed by atoms with Crippen LogP contribution in [0, 0.1) is 35.8 Å². The first-order valence-corrected chi connectivity index (χ1v) is 22.5. The molecule has 0 fully saturated rings. The van der Waals surface area contributed by atoms with Gasteiger partial charge in [0, 0.05) is 54.2 Å². The van der Waals surface area contributed by atoms with Crippen LogP contribution in [0.15, 0.2) is 170 Å². The minimum Gasteiger partial charge on any atom is -0.370 e. The largest absolute Gasteiger partial charge is 0.370 e. The van der Waals surface area contributed by atoms with E-state index in [4.69, 9.17) is 28.1 Å². The van der Waals surface area contributed by atoms with Gasteiger partial charge in [-0.2, -0.15) is 10.5 Å². The van der Waals surface area contributed by atoms with Crippen molar-refractivity contribution >= 4 is 120 Å². The van der Waals surface area contributed by atoms with Gasteiger partial charge >= 0.3 is 0 Å². The summed E-state index contributed by atoms with van der Waals surface area (Å²) in [4.78, 5) is 26.0. The molecule has 4 heterocycles. The maximum absolute atomic E-state index is 9.98. The Bertz CT molecular complexity index is 4590. The standard InChI is InChI=1S/C60H28N10/c1-63-59-60(64-2)68-56-44-28-26-34(30-48(44)38-14-4-6-18-42(38)55(56)67-59)36-20-12-22-46-40-16-8-10-24-52(40)70(58(36)46)69-51-23-9-7-15-39(51)45-21-11-19-35(57(45)69)33-25-27-43-47(29-33)37-13-3-5-17-41(37)53-54(43)66-50(32-62)49(31-61)65-53/h3-30H. The molecule has 0 saturated carbocycles. The van der Waals surface area contributed by atoms with Crippen LogP contribution in [0.5, 0.6) is 0 Å². The first-order valence-electron chi connectivity index (χ1n) is 22.5. The second kappa shape index (κ2) is 14.5. The SMILES string of the molecule is [C-]#[N+]c1nc2c3ccccc3c3cc(-c4cccc5c6ccccc6n(-n6c7ccccc7c7cccc(-c8ccc9c(c8)c8ccccc8c8nc(C#N)c(C#N)nc98)c76)c45)ccc3c2nc1[N+]#[C-]. The first-order chi connectivity index (χ1) is 34.6. The van der Waals surface area contributed by atoms with Crippen molar-refractivity contribution in [3.05, 3.63) is 204 Å². The highest BCUT2D eigenvalue weighted by atomic mass is 15.5. The van der Waals surface area contributed by atoms with Crippen molar-refractivity contribution in [2.75, 3.05) is 0 Å². The van der Waals surface area contributed by atoms with Crippen LogP contribution in [0.1, 0.15) is 11.4 Å². The molecule has 0 aliphatic rings. The third kappa shape index (κ3) is 5.22. The Labute approximate surface area is 397 Å². The molecule has 10 nitrogen and oxygen atoms in total. The lowest BCUT2D eigenvalue weighted by Crippen LogP contribution is -2.09. The van der Waals surface area contributed by atoms with Crippen LogP contribution in [0.25, 0.3) is 141 Å². The number of benzene rings is 10. The smallest absolute Gasteiger partial charge is 0.294 e. The average molecular weight is 889 g/mol. The summed E-state index contributed by atoms with van der Waals surface area (Å²) in [6.07, 6.45) is 0. The highest BCUT2D eigenvalue weighted by Gasteiger charge is 2.25. The number of hydrogen-bond acceptors (Lipinski definition) is 6. The van der Waals surface area contributed by atoms with Crippen LogP contribution in [0.3, 0.4) is 0 Å². The summed E-state index contributed by atoms with van der Waals surface area (Å²) >= 11 is 0. The van der Waals surface area contributed by atoms with Gasteiger partial charge in [0.1, 0.15) is 12.1 Å². The molecule has 0 bridgehead atoms. The predicted octanol–water partition coefficient (Wildman–Crippen LogP) is 14.9. The molecule has 0 amide bonds. The van der Waals surface area contributed by atoms with Crippen molar-refractivity contribution in [1.29, 1.82) is 10.5 Å². The van der Waals surface area contributed by atoms with Crippen molar-refractivity contribution in [3.8, 4) is 34.4 Å². The van der Waals surface area contributed by atoms with Gasteiger partial charge in [-0.15, -0.1) is 9.97 Å². The van der Waals surface area contributed by atoms with Crippen LogP contribution in [0.2, 0.25) is 0 Å². The summed E-state index contributed by atoms with van der Waals surface area (Å²) in [5.74, 6) is -0.00733. The van der Waals surface area contributed by atoms with Gasteiger partial charge in [-0.25, -0.2) is 19.3 Å². The number of aromatic nitrogens is 6. The lowest BCUT2D eigenvalue weighted by molar-refractivity contribution is 0.776. The van der Waals surface area contributed by atoms with E-state index < -0.39 is 0 Å². The molecule has 0 atom stereocenters. The molecule has 318 valence electrons. The minimum atomic E-state index is -0.00729. The summed E-state index contributed by atoms with van der Waals surface area (Å²) in [7, 11) is 0. The number of nitrogens with zero attached hydrogens (tertiary/aromatic N) is 10. The Balaban J connectivity index is 1.08. The Morgan fingerprint density at radius 3 is 1.13 bits per heavy atom. The van der Waals surface area contributed by atoms with Gasteiger partial charge < -0.3 is 9.69 Å². The maximum Gasteiger partial charge on any atom is 0.294 e. The van der Waals surface area contributed by atoms with Gasteiger partial charge in [0.15, 0.2) is 11.4 Å². The monoisotopic (exact) mass is 888 g/mol. The van der Waals surface area contributed by atoms with Crippen molar-refractivity contribution in [2.45, 2.75) is 0 Å². The van der Waals surface area contributed by atoms with Crippen LogP contribution in [0.4, 0.5) is 11.6 Å². The fourth-order valence-electron chi connectivity index (χ4n) is 10.9. The summed E-state index contributed by atoms with van der Waals surface area (Å²) in [6, 6.07) is 63.2. The summed E-state index contributed by atoms with van der Waals surface area (Å²) < 4.78 is 4.76. The van der Waals surface area contributed by atoms with E-state index in [0.29, 0.717) is 22.1 Å². The van der Waals surface area contributed by atoms with E-state index in [1.807, 2.05) is 36.4 Å². The molecule has 0 saturated heterocycles. The molecule has 0 radical (unpaired) electrons. The molecule has 70 heavy (non-hydrogen) atoms. The van der Waals surface area contributed by atoms with Gasteiger partial charge in [-0.3, -0.25) is 0 Å². The highest BCUT2D eigenvalue weighted by molar-refractivity contribution is 6.26. The number of para-hydroxylation sites is 4. The van der Waals surface area contributed by atoms with Crippen molar-refractivity contribution in [2.24, 2.45) is 0 Å². The van der Waals surface area contributed by atoms with Gasteiger partial charge in [0.25, 0.3) is 11.6 Å². The second-order valence-corrected chi connectivity index (χ2v) is 17.3. The number of hydrogen-bond donors (Lipinski definition) is 0. The minimum absolute atomic E-state index is 0.0000408. The highest BCUT2D eigenvalue weighted by Crippen LogP contribution is 2.45. The molecule has 14 rings (SSSR count). The molecule has 0 N–H and O–H groups in total. The van der Waals surface area contributed by atoms with Gasteiger partial charge in [0.05, 0.1) is 33.1 Å². The molecule has 0 spiro atoms. The zero-order chi connectivity index (χ0) is 46.8. The first kappa shape index (κ1) is 38.7. The van der Waals surface area contributed by atoms with Gasteiger partial charge in [-0.05, 0) is 69.1 Å². The molecule has 0 unspecified atom stereocenters. The van der Waals surface area contributed by atoms with Crippen LogP contribution in [-0.4, -0.2) is 29.3 Å². The number of fused-ring (bicyclic) bond motifs is 18. The van der Waals surface area contributed by atoms with Gasteiger partial charge in [0.2, 0.25) is 11.0 Å². The molecule has 14 aromatic rings. The zero-order valence-corrected chi connectivity index (χ0v) is 36.6. The Hall–Kier alpha value is -10.5. The van der Waals surface area contributed by atoms with Crippen LogP contribution >= 0.6 is 0 Å². The van der Waals surface area contributed by atoms with E-state index in [-0.39, 0.29) is 23.0 Å². The van der Waals surface area contributed by atoms with Crippen molar-refractivity contribution < 1.29 is 0 Å². The number of nitriles is 2. The van der Waals surface area contributed by atoms with Crippen molar-refractivity contribution in [1.82, 2.24) is 29.3 Å². The molecule has 0 aliphatic heterocycles. The fraction of sp³-hybridized carbons (Fsp3) is 0. The Morgan fingerprint density at radius 1 is 0.357 bits per heavy atom. The van der Waals surface area contributed by atoms with E-state index in [1.165, 1.54) is 0 Å². The molecule has 0 aliphatic carbocycles. The fourth-order valence-corrected chi connectivity index (χ4v) is 10.9. The van der Waals surface area contributed by atoms with E-state index in [0.717, 1.165) is 109 Å².